The van der Waals surface area contributed by atoms with Crippen LogP contribution < -0.4 is 5.32 Å². The summed E-state index contributed by atoms with van der Waals surface area (Å²) in [7, 11) is 0. The van der Waals surface area contributed by atoms with Crippen LogP contribution in [0.15, 0.2) is 35.1 Å². The van der Waals surface area contributed by atoms with E-state index in [1.807, 2.05) is 34.6 Å². The average Bonchev–Trinajstić information content (AvgIpc) is 2.43. The Hall–Kier alpha value is -1.51. The summed E-state index contributed by atoms with van der Waals surface area (Å²) in [4.78, 5) is 12.0. The maximum Gasteiger partial charge on any atom is 0.225 e. The van der Waals surface area contributed by atoms with Crippen LogP contribution in [0, 0.1) is 5.41 Å². The van der Waals surface area contributed by atoms with E-state index in [1.165, 1.54) is 11.1 Å². The molecule has 1 rings (SSSR count). The normalized spacial score (nSPS) is 23.3. The Morgan fingerprint density at radius 1 is 1.26 bits per heavy atom. The predicted molar refractivity (Wildman–Crippen MR) is 97.1 cm³/mol. The van der Waals surface area contributed by atoms with Gasteiger partial charge in [0.15, 0.2) is 0 Å². The number of rotatable bonds is 6. The second-order valence-corrected chi connectivity index (χ2v) is 7.27. The van der Waals surface area contributed by atoms with Gasteiger partial charge in [-0.3, -0.25) is 4.79 Å². The van der Waals surface area contributed by atoms with Crippen LogP contribution >= 0.6 is 0 Å². The number of hydrogen-bond donors (Lipinski definition) is 1. The second kappa shape index (κ2) is 8.37. The van der Waals surface area contributed by atoms with E-state index in [9.17, 15) is 4.79 Å². The molecule has 1 aliphatic carbocycles. The van der Waals surface area contributed by atoms with Gasteiger partial charge in [-0.2, -0.15) is 0 Å². The van der Waals surface area contributed by atoms with Crippen LogP contribution in [-0.4, -0.2) is 18.1 Å². The topological polar surface area (TPSA) is 38.3 Å². The smallest absolute Gasteiger partial charge is 0.225 e. The summed E-state index contributed by atoms with van der Waals surface area (Å²) in [6.45, 7) is 14.1. The van der Waals surface area contributed by atoms with Crippen molar-refractivity contribution in [2.45, 2.75) is 79.9 Å². The van der Waals surface area contributed by atoms with Crippen molar-refractivity contribution in [3.05, 3.63) is 35.1 Å². The maximum atomic E-state index is 12.0. The third-order valence-corrected chi connectivity index (χ3v) is 4.24. The third-order valence-electron chi connectivity index (χ3n) is 4.24. The highest BCUT2D eigenvalue weighted by Crippen LogP contribution is 2.29. The molecule has 23 heavy (non-hydrogen) atoms. The Morgan fingerprint density at radius 3 is 2.30 bits per heavy atom. The van der Waals surface area contributed by atoms with E-state index in [0.29, 0.717) is 0 Å². The van der Waals surface area contributed by atoms with Crippen LogP contribution in [0.2, 0.25) is 0 Å². The van der Waals surface area contributed by atoms with Crippen LogP contribution in [-0.2, 0) is 9.53 Å². The monoisotopic (exact) mass is 319 g/mol. The molecule has 0 bridgehead atoms. The molecule has 0 saturated heterocycles. The highest BCUT2D eigenvalue weighted by molar-refractivity contribution is 5.81. The number of amides is 1. The molecule has 0 spiro atoms. The van der Waals surface area contributed by atoms with Gasteiger partial charge < -0.3 is 10.1 Å². The van der Waals surface area contributed by atoms with Crippen molar-refractivity contribution < 1.29 is 9.53 Å². The van der Waals surface area contributed by atoms with Crippen molar-refractivity contribution in [3.8, 4) is 0 Å². The molecule has 1 aliphatic rings. The van der Waals surface area contributed by atoms with Gasteiger partial charge in [-0.15, -0.1) is 0 Å². The van der Waals surface area contributed by atoms with E-state index >= 15 is 0 Å². The lowest BCUT2D eigenvalue weighted by Gasteiger charge is -2.37. The summed E-state index contributed by atoms with van der Waals surface area (Å²) in [6.07, 6.45) is 9.29. The zero-order valence-corrected chi connectivity index (χ0v) is 15.8. The molecule has 1 fully saturated rings. The lowest BCUT2D eigenvalue weighted by molar-refractivity contribution is -0.130. The molecular formula is C20H33NO2. The van der Waals surface area contributed by atoms with Crippen molar-refractivity contribution in [2.75, 3.05) is 0 Å². The predicted octanol–water partition coefficient (Wildman–Crippen LogP) is 4.90. The highest BCUT2D eigenvalue weighted by atomic mass is 16.5. The molecule has 1 saturated carbocycles. The minimum Gasteiger partial charge on any atom is -0.494 e. The molecule has 3 heteroatoms. The number of ether oxygens (including phenoxy) is 1. The standard InChI is InChI=1S/C20H33NO2/c1-8-11-18(15(9-2)10-3)14(4)23-17-12-16(13-17)21-19(22)20(5,6)7/h8-9,11,16-17H,10,12-13H2,1-7H3,(H,21,22)/b11-8-,15-9+,18-14-. The molecule has 0 heterocycles. The molecule has 3 nitrogen and oxygen atoms in total. The third kappa shape index (κ3) is 5.56. The van der Waals surface area contributed by atoms with Crippen LogP contribution in [0.1, 0.15) is 67.7 Å². The summed E-state index contributed by atoms with van der Waals surface area (Å²) in [5, 5.41) is 3.10. The maximum absolute atomic E-state index is 12.0. The zero-order chi connectivity index (χ0) is 17.6. The number of allylic oxidation sites excluding steroid dienone is 6. The first-order chi connectivity index (χ1) is 10.7. The number of carbonyl (C=O) groups excluding carboxylic acids is 1. The van der Waals surface area contributed by atoms with Crippen molar-refractivity contribution in [1.82, 2.24) is 5.32 Å². The average molecular weight is 319 g/mol. The second-order valence-electron chi connectivity index (χ2n) is 7.27. The van der Waals surface area contributed by atoms with Crippen LogP contribution in [0.3, 0.4) is 0 Å². The first-order valence-corrected chi connectivity index (χ1v) is 8.69. The summed E-state index contributed by atoms with van der Waals surface area (Å²) < 4.78 is 6.12. The van der Waals surface area contributed by atoms with Gasteiger partial charge in [0.1, 0.15) is 11.9 Å². The van der Waals surface area contributed by atoms with Crippen LogP contribution in [0.4, 0.5) is 0 Å². The van der Waals surface area contributed by atoms with E-state index in [-0.39, 0.29) is 23.5 Å². The van der Waals surface area contributed by atoms with Gasteiger partial charge in [0.2, 0.25) is 5.91 Å². The SMILES string of the molecule is C\C=C/C(=C(\C)OC1CC(NC(=O)C(C)(C)C)C1)C(=C/C)/CC. The lowest BCUT2D eigenvalue weighted by atomic mass is 9.87. The van der Waals surface area contributed by atoms with Crippen molar-refractivity contribution in [1.29, 1.82) is 0 Å². The van der Waals surface area contributed by atoms with Gasteiger partial charge in [-0.25, -0.2) is 0 Å². The molecule has 0 aliphatic heterocycles. The van der Waals surface area contributed by atoms with E-state index < -0.39 is 0 Å². The van der Waals surface area contributed by atoms with Gasteiger partial charge in [0.05, 0.1) is 0 Å². The Balaban J connectivity index is 2.61. The van der Waals surface area contributed by atoms with Gasteiger partial charge in [-0.05, 0) is 32.8 Å². The Morgan fingerprint density at radius 2 is 1.87 bits per heavy atom. The van der Waals surface area contributed by atoms with Crippen molar-refractivity contribution >= 4 is 5.91 Å². The fraction of sp³-hybridized carbons (Fsp3) is 0.650. The van der Waals surface area contributed by atoms with Gasteiger partial charge >= 0.3 is 0 Å². The molecule has 1 N–H and O–H groups in total. The Labute approximate surface area is 141 Å². The largest absolute Gasteiger partial charge is 0.494 e. The summed E-state index contributed by atoms with van der Waals surface area (Å²) in [5.74, 6) is 1.09. The first-order valence-electron chi connectivity index (χ1n) is 8.69. The van der Waals surface area contributed by atoms with Gasteiger partial charge in [0.25, 0.3) is 0 Å². The van der Waals surface area contributed by atoms with E-state index in [0.717, 1.165) is 25.0 Å². The minimum atomic E-state index is -0.331. The molecule has 0 aromatic heterocycles. The van der Waals surface area contributed by atoms with Crippen LogP contribution in [0.25, 0.3) is 0 Å². The van der Waals surface area contributed by atoms with Gasteiger partial charge in [0, 0.05) is 29.9 Å². The molecule has 0 atom stereocenters. The minimum absolute atomic E-state index is 0.116. The van der Waals surface area contributed by atoms with Gasteiger partial charge in [-0.1, -0.05) is 45.9 Å². The number of carbonyl (C=O) groups is 1. The molecule has 1 amide bonds. The fourth-order valence-corrected chi connectivity index (χ4v) is 2.66. The summed E-state index contributed by atoms with van der Waals surface area (Å²) in [5.41, 5.74) is 2.15. The quantitative estimate of drug-likeness (QED) is 0.558. The Kier molecular flexibility index (Phi) is 7.11. The van der Waals surface area contributed by atoms with Crippen molar-refractivity contribution in [2.24, 2.45) is 5.41 Å². The summed E-state index contributed by atoms with van der Waals surface area (Å²) >= 11 is 0. The van der Waals surface area contributed by atoms with Crippen molar-refractivity contribution in [3.63, 3.8) is 0 Å². The van der Waals surface area contributed by atoms with E-state index in [4.69, 9.17) is 4.74 Å². The lowest BCUT2D eigenvalue weighted by Crippen LogP contribution is -2.50. The highest BCUT2D eigenvalue weighted by Gasteiger charge is 2.34. The molecule has 0 aromatic carbocycles. The first kappa shape index (κ1) is 19.5. The summed E-state index contributed by atoms with van der Waals surface area (Å²) in [6, 6.07) is 0.247. The molecule has 0 radical (unpaired) electrons. The van der Waals surface area contributed by atoms with E-state index in [2.05, 4.69) is 37.4 Å². The molecular weight excluding hydrogens is 286 g/mol. The molecule has 130 valence electrons. The Bertz CT molecular complexity index is 500. The number of nitrogens with one attached hydrogen (secondary N) is 1. The molecule has 0 unspecified atom stereocenters. The number of hydrogen-bond acceptors (Lipinski definition) is 2. The zero-order valence-electron chi connectivity index (χ0n) is 15.8. The fourth-order valence-electron chi connectivity index (χ4n) is 2.66. The molecule has 0 aromatic rings. The van der Waals surface area contributed by atoms with Crippen LogP contribution in [0.5, 0.6) is 0 Å². The van der Waals surface area contributed by atoms with E-state index in [1.54, 1.807) is 0 Å².